The van der Waals surface area contributed by atoms with Crippen molar-refractivity contribution in [1.29, 1.82) is 0 Å². The van der Waals surface area contributed by atoms with Crippen LogP contribution in [0.3, 0.4) is 0 Å². The Balaban J connectivity index is 1.52. The number of nitrogens with two attached hydrogens (primary N) is 1. The van der Waals surface area contributed by atoms with Gasteiger partial charge in [-0.1, -0.05) is 6.07 Å². The van der Waals surface area contributed by atoms with E-state index < -0.39 is 5.97 Å². The Bertz CT molecular complexity index is 999. The highest BCUT2D eigenvalue weighted by molar-refractivity contribution is 7.10. The van der Waals surface area contributed by atoms with E-state index in [0.717, 1.165) is 21.8 Å². The third kappa shape index (κ3) is 4.45. The van der Waals surface area contributed by atoms with Crippen molar-refractivity contribution in [2.75, 3.05) is 12.3 Å². The number of carbonyl (C=O) groups excluding carboxylic acids is 2. The third-order valence-electron chi connectivity index (χ3n) is 4.36. The molecular formula is C18H22N6O3S. The summed E-state index contributed by atoms with van der Waals surface area (Å²) >= 11 is 1.56. The molecule has 0 saturated heterocycles. The highest BCUT2D eigenvalue weighted by atomic mass is 32.1. The summed E-state index contributed by atoms with van der Waals surface area (Å²) < 4.78 is 6.65. The lowest BCUT2D eigenvalue weighted by Crippen LogP contribution is -2.30. The van der Waals surface area contributed by atoms with Crippen molar-refractivity contribution in [1.82, 2.24) is 24.9 Å². The largest absolute Gasteiger partial charge is 0.456 e. The molecule has 0 unspecified atom stereocenters. The van der Waals surface area contributed by atoms with Crippen LogP contribution in [0.2, 0.25) is 0 Å². The zero-order valence-electron chi connectivity index (χ0n) is 15.9. The number of thiophene rings is 1. The molecule has 3 aromatic heterocycles. The number of anilines is 1. The fourth-order valence-corrected chi connectivity index (χ4v) is 3.66. The van der Waals surface area contributed by atoms with Crippen LogP contribution in [-0.2, 0) is 20.7 Å². The van der Waals surface area contributed by atoms with E-state index in [1.807, 2.05) is 38.3 Å². The van der Waals surface area contributed by atoms with Crippen molar-refractivity contribution in [3.63, 3.8) is 0 Å². The minimum Gasteiger partial charge on any atom is -0.456 e. The lowest BCUT2D eigenvalue weighted by atomic mass is 10.1. The van der Waals surface area contributed by atoms with Crippen molar-refractivity contribution in [3.05, 3.63) is 39.3 Å². The van der Waals surface area contributed by atoms with Crippen LogP contribution in [0, 0.1) is 13.8 Å². The molecule has 0 fully saturated rings. The van der Waals surface area contributed by atoms with Gasteiger partial charge in [0.25, 0.3) is 11.7 Å². The SMILES string of the molecule is Cc1nc2nc(N)nn2c(C)c1CCC(=O)OCC(=O)N[C@@H](C)c1cccs1. The number of carbonyl (C=O) groups is 2. The highest BCUT2D eigenvalue weighted by Gasteiger charge is 2.16. The molecule has 0 saturated carbocycles. The monoisotopic (exact) mass is 402 g/mol. The van der Waals surface area contributed by atoms with Gasteiger partial charge in [-0.3, -0.25) is 9.59 Å². The Morgan fingerprint density at radius 1 is 1.36 bits per heavy atom. The first kappa shape index (κ1) is 19.7. The summed E-state index contributed by atoms with van der Waals surface area (Å²) in [6, 6.07) is 3.75. The summed E-state index contributed by atoms with van der Waals surface area (Å²) in [6.07, 6.45) is 0.555. The second-order valence-corrected chi connectivity index (χ2v) is 7.39. The van der Waals surface area contributed by atoms with Crippen molar-refractivity contribution in [2.45, 2.75) is 39.7 Å². The molecule has 0 aliphatic rings. The molecule has 0 radical (unpaired) electrons. The molecule has 10 heteroatoms. The lowest BCUT2D eigenvalue weighted by Gasteiger charge is -2.13. The average Bonchev–Trinajstić information content (AvgIpc) is 3.29. The van der Waals surface area contributed by atoms with Crippen LogP contribution in [-0.4, -0.2) is 38.1 Å². The van der Waals surface area contributed by atoms with Gasteiger partial charge in [0, 0.05) is 22.7 Å². The van der Waals surface area contributed by atoms with Gasteiger partial charge < -0.3 is 15.8 Å². The van der Waals surface area contributed by atoms with E-state index in [4.69, 9.17) is 10.5 Å². The molecule has 3 aromatic rings. The van der Waals surface area contributed by atoms with E-state index in [2.05, 4.69) is 20.4 Å². The summed E-state index contributed by atoms with van der Waals surface area (Å²) in [4.78, 5) is 33.5. The molecule has 0 aromatic carbocycles. The van der Waals surface area contributed by atoms with E-state index in [0.29, 0.717) is 12.2 Å². The number of nitrogens with one attached hydrogen (secondary N) is 1. The number of nitrogen functional groups attached to an aromatic ring is 1. The average molecular weight is 402 g/mol. The van der Waals surface area contributed by atoms with Crippen LogP contribution in [0.5, 0.6) is 0 Å². The Morgan fingerprint density at radius 3 is 2.86 bits per heavy atom. The molecule has 0 aliphatic heterocycles. The van der Waals surface area contributed by atoms with Crippen LogP contribution in [0.4, 0.5) is 5.95 Å². The highest BCUT2D eigenvalue weighted by Crippen LogP contribution is 2.18. The van der Waals surface area contributed by atoms with Crippen molar-refractivity contribution >= 4 is 34.9 Å². The minimum absolute atomic E-state index is 0.121. The number of aryl methyl sites for hydroxylation is 2. The predicted octanol–water partition coefficient (Wildman–Crippen LogP) is 1.74. The lowest BCUT2D eigenvalue weighted by molar-refractivity contribution is -0.148. The molecule has 9 nitrogen and oxygen atoms in total. The summed E-state index contributed by atoms with van der Waals surface area (Å²) in [5.41, 5.74) is 8.08. The second-order valence-electron chi connectivity index (χ2n) is 6.41. The number of esters is 1. The van der Waals surface area contributed by atoms with E-state index in [-0.39, 0.29) is 30.9 Å². The van der Waals surface area contributed by atoms with Crippen LogP contribution in [0.1, 0.15) is 41.2 Å². The Hall–Kier alpha value is -3.01. The molecule has 148 valence electrons. The van der Waals surface area contributed by atoms with E-state index in [1.165, 1.54) is 0 Å². The van der Waals surface area contributed by atoms with Gasteiger partial charge >= 0.3 is 5.97 Å². The molecular weight excluding hydrogens is 380 g/mol. The molecule has 0 bridgehead atoms. The number of fused-ring (bicyclic) bond motifs is 1. The molecule has 0 spiro atoms. The zero-order chi connectivity index (χ0) is 20.3. The smallest absolute Gasteiger partial charge is 0.306 e. The fourth-order valence-electron chi connectivity index (χ4n) is 2.92. The molecule has 28 heavy (non-hydrogen) atoms. The maximum atomic E-state index is 12.1. The first-order chi connectivity index (χ1) is 13.3. The van der Waals surface area contributed by atoms with E-state index in [1.54, 1.807) is 15.9 Å². The number of hydrogen-bond acceptors (Lipinski definition) is 8. The molecule has 3 rings (SSSR count). The van der Waals surface area contributed by atoms with E-state index in [9.17, 15) is 9.59 Å². The maximum Gasteiger partial charge on any atom is 0.306 e. The van der Waals surface area contributed by atoms with Gasteiger partial charge in [0.05, 0.1) is 6.04 Å². The van der Waals surface area contributed by atoms with Gasteiger partial charge in [-0.2, -0.15) is 9.50 Å². The number of ether oxygens (including phenoxy) is 1. The summed E-state index contributed by atoms with van der Waals surface area (Å²) in [5, 5.41) is 8.85. The molecule has 1 atom stereocenters. The van der Waals surface area contributed by atoms with Crippen molar-refractivity contribution < 1.29 is 14.3 Å². The van der Waals surface area contributed by atoms with Gasteiger partial charge in [0.15, 0.2) is 6.61 Å². The minimum atomic E-state index is -0.448. The zero-order valence-corrected chi connectivity index (χ0v) is 16.7. The van der Waals surface area contributed by atoms with E-state index >= 15 is 0 Å². The second kappa shape index (κ2) is 8.34. The maximum absolute atomic E-state index is 12.1. The van der Waals surface area contributed by atoms with Gasteiger partial charge in [-0.05, 0) is 44.2 Å². The summed E-state index contributed by atoms with van der Waals surface area (Å²) in [6.45, 7) is 5.30. The first-order valence-corrected chi connectivity index (χ1v) is 9.70. The van der Waals surface area contributed by atoms with Crippen LogP contribution in [0.15, 0.2) is 17.5 Å². The topological polar surface area (TPSA) is 124 Å². The first-order valence-electron chi connectivity index (χ1n) is 8.82. The molecule has 1 amide bonds. The van der Waals surface area contributed by atoms with Crippen LogP contribution < -0.4 is 11.1 Å². The van der Waals surface area contributed by atoms with Gasteiger partial charge in [-0.15, -0.1) is 16.4 Å². The van der Waals surface area contributed by atoms with Gasteiger partial charge in [-0.25, -0.2) is 4.98 Å². The fraction of sp³-hybridized carbons (Fsp3) is 0.389. The Labute approximate surface area is 165 Å². The number of nitrogens with zero attached hydrogens (tertiary/aromatic N) is 4. The van der Waals surface area contributed by atoms with Gasteiger partial charge in [0.2, 0.25) is 5.95 Å². The predicted molar refractivity (Wildman–Crippen MR) is 105 cm³/mol. The molecule has 0 aliphatic carbocycles. The number of rotatable bonds is 7. The summed E-state index contributed by atoms with van der Waals surface area (Å²) in [7, 11) is 0. The third-order valence-corrected chi connectivity index (χ3v) is 5.41. The van der Waals surface area contributed by atoms with Crippen LogP contribution >= 0.6 is 11.3 Å². The quantitative estimate of drug-likeness (QED) is 0.577. The number of aromatic nitrogens is 4. The number of amides is 1. The molecule has 3 heterocycles. The Morgan fingerprint density at radius 2 is 2.14 bits per heavy atom. The van der Waals surface area contributed by atoms with Crippen molar-refractivity contribution in [3.8, 4) is 0 Å². The standard InChI is InChI=1S/C18H22N6O3S/c1-10-13(12(3)24-18(21-10)22-17(19)23-24)6-7-16(26)27-9-15(25)20-11(2)14-5-4-8-28-14/h4-5,8,11H,6-7,9H2,1-3H3,(H2,19,23)(H,20,25)/t11-/m0/s1. The van der Waals surface area contributed by atoms with Gasteiger partial charge in [0.1, 0.15) is 0 Å². The van der Waals surface area contributed by atoms with Crippen LogP contribution in [0.25, 0.3) is 5.78 Å². The summed E-state index contributed by atoms with van der Waals surface area (Å²) in [5.74, 6) is -0.205. The molecule has 3 N–H and O–H groups in total. The normalized spacial score (nSPS) is 12.1. The number of hydrogen-bond donors (Lipinski definition) is 2. The Kier molecular flexibility index (Phi) is 5.88. The van der Waals surface area contributed by atoms with Crippen molar-refractivity contribution in [2.24, 2.45) is 0 Å².